The van der Waals surface area contributed by atoms with Crippen LogP contribution in [0.4, 0.5) is 0 Å². The summed E-state index contributed by atoms with van der Waals surface area (Å²) in [6.45, 7) is 2.72. The van der Waals surface area contributed by atoms with Crippen molar-refractivity contribution in [3.8, 4) is 5.75 Å². The highest BCUT2D eigenvalue weighted by molar-refractivity contribution is 6.03. The topological polar surface area (TPSA) is 60.8 Å². The van der Waals surface area contributed by atoms with Crippen molar-refractivity contribution in [1.29, 1.82) is 0 Å². The van der Waals surface area contributed by atoms with Gasteiger partial charge >= 0.3 is 0 Å². The number of hydrogen-bond donors (Lipinski definition) is 2. The molecule has 0 spiro atoms. The van der Waals surface area contributed by atoms with Crippen molar-refractivity contribution >= 4 is 16.7 Å². The number of carbonyl (C=O) groups is 1. The Balaban J connectivity index is 2.41. The first kappa shape index (κ1) is 14.3. The minimum atomic E-state index is -0.246. The van der Waals surface area contributed by atoms with Crippen molar-refractivity contribution in [2.45, 2.75) is 13.3 Å². The van der Waals surface area contributed by atoms with Crippen molar-refractivity contribution in [3.63, 3.8) is 0 Å². The lowest BCUT2D eigenvalue weighted by Gasteiger charge is -2.21. The monoisotopic (exact) mass is 273 g/mol. The Hall–Kier alpha value is -2.07. The summed E-state index contributed by atoms with van der Waals surface area (Å²) in [6, 6.07) is 10.9. The van der Waals surface area contributed by atoms with Gasteiger partial charge in [-0.05, 0) is 17.9 Å². The number of amides is 1. The minimum Gasteiger partial charge on any atom is -0.506 e. The molecule has 2 rings (SSSR count). The molecule has 20 heavy (non-hydrogen) atoms. The molecule has 0 unspecified atom stereocenters. The molecule has 0 aliphatic carbocycles. The number of aliphatic hydroxyl groups excluding tert-OH is 1. The van der Waals surface area contributed by atoms with Crippen molar-refractivity contribution in [2.24, 2.45) is 0 Å². The number of carbonyl (C=O) groups excluding carboxylic acids is 1. The Bertz CT molecular complexity index is 604. The molecule has 4 nitrogen and oxygen atoms in total. The Morgan fingerprint density at radius 3 is 2.60 bits per heavy atom. The second-order valence-corrected chi connectivity index (χ2v) is 4.70. The lowest BCUT2D eigenvalue weighted by Crippen LogP contribution is -2.34. The van der Waals surface area contributed by atoms with Gasteiger partial charge in [0.1, 0.15) is 5.75 Å². The van der Waals surface area contributed by atoms with Crippen LogP contribution in [0.15, 0.2) is 36.4 Å². The van der Waals surface area contributed by atoms with Crippen LogP contribution in [0, 0.1) is 0 Å². The zero-order valence-electron chi connectivity index (χ0n) is 11.5. The molecule has 4 heteroatoms. The van der Waals surface area contributed by atoms with Crippen LogP contribution >= 0.6 is 0 Å². The van der Waals surface area contributed by atoms with E-state index < -0.39 is 0 Å². The first-order chi connectivity index (χ1) is 9.69. The first-order valence-corrected chi connectivity index (χ1v) is 6.80. The smallest absolute Gasteiger partial charge is 0.257 e. The van der Waals surface area contributed by atoms with Crippen LogP contribution < -0.4 is 0 Å². The van der Waals surface area contributed by atoms with E-state index in [-0.39, 0.29) is 30.4 Å². The van der Waals surface area contributed by atoms with Crippen LogP contribution in [0.25, 0.3) is 10.8 Å². The molecule has 0 aliphatic heterocycles. The van der Waals surface area contributed by atoms with Gasteiger partial charge in [0.25, 0.3) is 5.91 Å². The van der Waals surface area contributed by atoms with Crippen LogP contribution in [-0.4, -0.2) is 40.7 Å². The Morgan fingerprint density at radius 2 is 1.90 bits per heavy atom. The van der Waals surface area contributed by atoms with Gasteiger partial charge in [-0.1, -0.05) is 37.3 Å². The number of hydrogen-bond acceptors (Lipinski definition) is 3. The lowest BCUT2D eigenvalue weighted by molar-refractivity contribution is 0.0719. The maximum Gasteiger partial charge on any atom is 0.257 e. The molecule has 0 heterocycles. The van der Waals surface area contributed by atoms with E-state index in [1.807, 2.05) is 31.2 Å². The molecule has 2 aromatic rings. The zero-order valence-corrected chi connectivity index (χ0v) is 11.5. The van der Waals surface area contributed by atoms with E-state index in [0.29, 0.717) is 11.9 Å². The lowest BCUT2D eigenvalue weighted by atomic mass is 10.0. The number of nitrogens with zero attached hydrogens (tertiary/aromatic N) is 1. The largest absolute Gasteiger partial charge is 0.506 e. The van der Waals surface area contributed by atoms with Crippen LogP contribution in [0.1, 0.15) is 23.7 Å². The quantitative estimate of drug-likeness (QED) is 0.879. The third-order valence-electron chi connectivity index (χ3n) is 3.28. The molecule has 1 amide bonds. The molecule has 2 aromatic carbocycles. The number of aromatic hydroxyl groups is 1. The molecule has 2 N–H and O–H groups in total. The average Bonchev–Trinajstić information content (AvgIpc) is 2.47. The summed E-state index contributed by atoms with van der Waals surface area (Å²) < 4.78 is 0. The number of rotatable bonds is 5. The highest BCUT2D eigenvalue weighted by Gasteiger charge is 2.19. The van der Waals surface area contributed by atoms with Gasteiger partial charge in [-0.3, -0.25) is 4.79 Å². The third-order valence-corrected chi connectivity index (χ3v) is 3.28. The molecule has 0 atom stereocenters. The Labute approximate surface area is 118 Å². The van der Waals surface area contributed by atoms with Crippen molar-refractivity contribution in [2.75, 3.05) is 19.7 Å². The van der Waals surface area contributed by atoms with E-state index in [1.54, 1.807) is 17.0 Å². The predicted octanol–water partition coefficient (Wildman–Crippen LogP) is 2.39. The molecular weight excluding hydrogens is 254 g/mol. The van der Waals surface area contributed by atoms with Gasteiger partial charge in [-0.15, -0.1) is 0 Å². The second kappa shape index (κ2) is 6.39. The van der Waals surface area contributed by atoms with Crippen molar-refractivity contribution in [1.82, 2.24) is 4.90 Å². The molecule has 0 radical (unpaired) electrons. The summed E-state index contributed by atoms with van der Waals surface area (Å²) in [5.74, 6) is -0.240. The molecule has 106 valence electrons. The highest BCUT2D eigenvalue weighted by Crippen LogP contribution is 2.29. The van der Waals surface area contributed by atoms with Crippen molar-refractivity contribution in [3.05, 3.63) is 42.0 Å². The van der Waals surface area contributed by atoms with Gasteiger partial charge in [0.2, 0.25) is 0 Å². The van der Waals surface area contributed by atoms with E-state index in [4.69, 9.17) is 5.11 Å². The summed E-state index contributed by atoms with van der Waals surface area (Å²) >= 11 is 0. The minimum absolute atomic E-state index is 0.00661. The van der Waals surface area contributed by atoms with E-state index in [2.05, 4.69) is 0 Å². The van der Waals surface area contributed by atoms with Gasteiger partial charge in [-0.2, -0.15) is 0 Å². The molecule has 0 saturated carbocycles. The Morgan fingerprint density at radius 1 is 1.15 bits per heavy atom. The molecule has 0 fully saturated rings. The fraction of sp³-hybridized carbons (Fsp3) is 0.312. The first-order valence-electron chi connectivity index (χ1n) is 6.80. The zero-order chi connectivity index (χ0) is 14.5. The number of phenols is 1. The predicted molar refractivity (Wildman–Crippen MR) is 78.9 cm³/mol. The van der Waals surface area contributed by atoms with Gasteiger partial charge in [-0.25, -0.2) is 0 Å². The summed E-state index contributed by atoms with van der Waals surface area (Å²) in [7, 11) is 0. The summed E-state index contributed by atoms with van der Waals surface area (Å²) in [5.41, 5.74) is 0.283. The number of aliphatic hydroxyl groups is 1. The van der Waals surface area contributed by atoms with Crippen LogP contribution in [0.3, 0.4) is 0 Å². The molecule has 0 saturated heterocycles. The van der Waals surface area contributed by atoms with Crippen LogP contribution in [0.2, 0.25) is 0 Å². The Kier molecular flexibility index (Phi) is 4.58. The van der Waals surface area contributed by atoms with Gasteiger partial charge in [0, 0.05) is 18.5 Å². The summed E-state index contributed by atoms with van der Waals surface area (Å²) in [4.78, 5) is 14.0. The van der Waals surface area contributed by atoms with Crippen LogP contribution in [-0.2, 0) is 0 Å². The molecule has 0 aromatic heterocycles. The standard InChI is InChI=1S/C16H19NO3/c1-2-9-17(10-11-18)16(20)14-8-7-12-5-3-4-6-13(12)15(14)19/h3-8,18-19H,2,9-11H2,1H3. The second-order valence-electron chi connectivity index (χ2n) is 4.70. The highest BCUT2D eigenvalue weighted by atomic mass is 16.3. The number of phenolic OH excluding ortho intramolecular Hbond substituents is 1. The van der Waals surface area contributed by atoms with E-state index in [0.717, 1.165) is 11.8 Å². The summed E-state index contributed by atoms with van der Waals surface area (Å²) in [5, 5.41) is 20.9. The van der Waals surface area contributed by atoms with Crippen molar-refractivity contribution < 1.29 is 15.0 Å². The summed E-state index contributed by atoms with van der Waals surface area (Å²) in [6.07, 6.45) is 0.806. The maximum atomic E-state index is 12.4. The van der Waals surface area contributed by atoms with Gasteiger partial charge < -0.3 is 15.1 Å². The average molecular weight is 273 g/mol. The SMILES string of the molecule is CCCN(CCO)C(=O)c1ccc2ccccc2c1O. The van der Waals surface area contributed by atoms with Crippen LogP contribution in [0.5, 0.6) is 5.75 Å². The van der Waals surface area contributed by atoms with E-state index in [1.165, 1.54) is 0 Å². The normalized spacial score (nSPS) is 10.7. The third kappa shape index (κ3) is 2.75. The molecule has 0 bridgehead atoms. The van der Waals surface area contributed by atoms with Gasteiger partial charge in [0.15, 0.2) is 0 Å². The maximum absolute atomic E-state index is 12.4. The van der Waals surface area contributed by atoms with E-state index in [9.17, 15) is 9.90 Å². The molecular formula is C16H19NO3. The fourth-order valence-electron chi connectivity index (χ4n) is 2.30. The van der Waals surface area contributed by atoms with Gasteiger partial charge in [0.05, 0.1) is 12.2 Å². The fourth-order valence-corrected chi connectivity index (χ4v) is 2.30. The van der Waals surface area contributed by atoms with E-state index >= 15 is 0 Å². The number of fused-ring (bicyclic) bond motifs is 1. The number of benzene rings is 2. The molecule has 0 aliphatic rings.